The van der Waals surface area contributed by atoms with Crippen LogP contribution in [0, 0.1) is 0 Å². The van der Waals surface area contributed by atoms with Gasteiger partial charge in [-0.05, 0) is 60.0 Å². The Hall–Kier alpha value is -2.44. The molecule has 0 radical (unpaired) electrons. The molecule has 1 amide bonds. The lowest BCUT2D eigenvalue weighted by Gasteiger charge is -2.15. The van der Waals surface area contributed by atoms with Crippen LogP contribution in [0.2, 0.25) is 0 Å². The maximum atomic E-state index is 12.2. The quantitative estimate of drug-likeness (QED) is 0.446. The minimum Gasteiger partial charge on any atom is -0.423 e. The standard InChI is InChI=1S/C18H19BN2O3/c22-18(16-8-7-14-3-1-2-4-15(14)11-16)21-20-12-13-5-9-17(10-6-13)19(23)24/h5-12,23-24H,1-4H2,(H,21,22)/b20-12+. The van der Waals surface area contributed by atoms with E-state index >= 15 is 0 Å². The van der Waals surface area contributed by atoms with Crippen LogP contribution in [0.4, 0.5) is 0 Å². The van der Waals surface area contributed by atoms with E-state index in [1.165, 1.54) is 30.2 Å². The van der Waals surface area contributed by atoms with Gasteiger partial charge in [-0.15, -0.1) is 0 Å². The van der Waals surface area contributed by atoms with Crippen LogP contribution in [0.5, 0.6) is 0 Å². The number of carbonyl (C=O) groups excluding carboxylic acids is 1. The average Bonchev–Trinajstić information content (AvgIpc) is 2.61. The van der Waals surface area contributed by atoms with Crippen molar-refractivity contribution in [2.24, 2.45) is 5.10 Å². The van der Waals surface area contributed by atoms with E-state index in [1.54, 1.807) is 24.3 Å². The molecular weight excluding hydrogens is 303 g/mol. The number of hydrazone groups is 1. The van der Waals surface area contributed by atoms with E-state index in [0.717, 1.165) is 18.4 Å². The van der Waals surface area contributed by atoms with E-state index in [1.807, 2.05) is 18.2 Å². The van der Waals surface area contributed by atoms with E-state index in [9.17, 15) is 4.79 Å². The summed E-state index contributed by atoms with van der Waals surface area (Å²) in [5, 5.41) is 22.0. The van der Waals surface area contributed by atoms with Crippen LogP contribution in [0.25, 0.3) is 0 Å². The normalized spacial score (nSPS) is 13.6. The number of aryl methyl sites for hydroxylation is 2. The molecule has 0 atom stereocenters. The summed E-state index contributed by atoms with van der Waals surface area (Å²) >= 11 is 0. The van der Waals surface area contributed by atoms with Gasteiger partial charge in [0.25, 0.3) is 5.91 Å². The largest absolute Gasteiger partial charge is 0.488 e. The molecule has 3 N–H and O–H groups in total. The Morgan fingerprint density at radius 2 is 1.75 bits per heavy atom. The molecule has 0 heterocycles. The summed E-state index contributed by atoms with van der Waals surface area (Å²) in [6, 6.07) is 12.4. The van der Waals surface area contributed by atoms with Gasteiger partial charge in [0, 0.05) is 5.56 Å². The van der Waals surface area contributed by atoms with Gasteiger partial charge < -0.3 is 10.0 Å². The minimum atomic E-state index is -1.49. The van der Waals surface area contributed by atoms with Crippen molar-refractivity contribution in [2.45, 2.75) is 25.7 Å². The van der Waals surface area contributed by atoms with Gasteiger partial charge in [0.2, 0.25) is 0 Å². The van der Waals surface area contributed by atoms with Crippen molar-refractivity contribution in [3.63, 3.8) is 0 Å². The predicted molar refractivity (Wildman–Crippen MR) is 94.4 cm³/mol. The number of benzene rings is 2. The highest BCUT2D eigenvalue weighted by molar-refractivity contribution is 6.58. The van der Waals surface area contributed by atoms with Crippen molar-refractivity contribution in [1.82, 2.24) is 5.43 Å². The fourth-order valence-corrected chi connectivity index (χ4v) is 2.86. The number of hydrogen-bond donors (Lipinski definition) is 3. The van der Waals surface area contributed by atoms with E-state index in [2.05, 4.69) is 10.5 Å². The van der Waals surface area contributed by atoms with Gasteiger partial charge in [0.05, 0.1) is 6.21 Å². The predicted octanol–water partition coefficient (Wildman–Crippen LogP) is 1.01. The Kier molecular flexibility index (Phi) is 5.08. The zero-order valence-corrected chi connectivity index (χ0v) is 13.3. The van der Waals surface area contributed by atoms with Gasteiger partial charge in [0.1, 0.15) is 0 Å². The average molecular weight is 322 g/mol. The third-order valence-corrected chi connectivity index (χ3v) is 4.23. The fraction of sp³-hybridized carbons (Fsp3) is 0.222. The van der Waals surface area contributed by atoms with Crippen molar-refractivity contribution in [3.05, 3.63) is 64.7 Å². The Labute approximate surface area is 141 Å². The van der Waals surface area contributed by atoms with Crippen LogP contribution >= 0.6 is 0 Å². The second-order valence-corrected chi connectivity index (χ2v) is 5.93. The van der Waals surface area contributed by atoms with Gasteiger partial charge in [-0.2, -0.15) is 5.10 Å². The number of nitrogens with zero attached hydrogens (tertiary/aromatic N) is 1. The molecule has 122 valence electrons. The first-order valence-corrected chi connectivity index (χ1v) is 8.05. The molecule has 0 fully saturated rings. The summed E-state index contributed by atoms with van der Waals surface area (Å²) in [7, 11) is -1.49. The van der Waals surface area contributed by atoms with Crippen LogP contribution in [0.15, 0.2) is 47.6 Å². The van der Waals surface area contributed by atoms with Gasteiger partial charge in [-0.25, -0.2) is 5.43 Å². The van der Waals surface area contributed by atoms with Gasteiger partial charge >= 0.3 is 7.12 Å². The zero-order valence-electron chi connectivity index (χ0n) is 13.3. The lowest BCUT2D eigenvalue weighted by atomic mass is 9.80. The second-order valence-electron chi connectivity index (χ2n) is 5.93. The van der Waals surface area contributed by atoms with Crippen molar-refractivity contribution < 1.29 is 14.8 Å². The second kappa shape index (κ2) is 7.42. The molecular formula is C18H19BN2O3. The lowest BCUT2D eigenvalue weighted by molar-refractivity contribution is 0.0955. The molecule has 0 aliphatic heterocycles. The molecule has 0 spiro atoms. The highest BCUT2D eigenvalue weighted by Crippen LogP contribution is 2.22. The molecule has 0 saturated heterocycles. The fourth-order valence-electron chi connectivity index (χ4n) is 2.86. The molecule has 1 aliphatic carbocycles. The molecule has 24 heavy (non-hydrogen) atoms. The van der Waals surface area contributed by atoms with Crippen molar-refractivity contribution in [1.29, 1.82) is 0 Å². The molecule has 1 aliphatic rings. The smallest absolute Gasteiger partial charge is 0.423 e. The summed E-state index contributed by atoms with van der Waals surface area (Å²) in [6.45, 7) is 0. The molecule has 0 unspecified atom stereocenters. The number of fused-ring (bicyclic) bond motifs is 1. The molecule has 0 saturated carbocycles. The Morgan fingerprint density at radius 3 is 2.46 bits per heavy atom. The number of carbonyl (C=O) groups is 1. The third-order valence-electron chi connectivity index (χ3n) is 4.23. The first-order valence-electron chi connectivity index (χ1n) is 8.05. The lowest BCUT2D eigenvalue weighted by Crippen LogP contribution is -2.29. The van der Waals surface area contributed by atoms with E-state index in [0.29, 0.717) is 11.0 Å². The number of nitrogens with one attached hydrogen (secondary N) is 1. The summed E-state index contributed by atoms with van der Waals surface area (Å²) in [4.78, 5) is 12.2. The highest BCUT2D eigenvalue weighted by Gasteiger charge is 2.12. The van der Waals surface area contributed by atoms with Crippen molar-refractivity contribution >= 4 is 24.7 Å². The molecule has 0 aromatic heterocycles. The highest BCUT2D eigenvalue weighted by atomic mass is 16.4. The topological polar surface area (TPSA) is 81.9 Å². The number of amides is 1. The van der Waals surface area contributed by atoms with E-state index in [4.69, 9.17) is 10.0 Å². The first kappa shape index (κ1) is 16.4. The SMILES string of the molecule is O=C(N/N=C/c1ccc(B(O)O)cc1)c1ccc2c(c1)CCCC2. The van der Waals surface area contributed by atoms with Crippen LogP contribution in [-0.2, 0) is 12.8 Å². The van der Waals surface area contributed by atoms with Gasteiger partial charge in [-0.1, -0.05) is 30.3 Å². The van der Waals surface area contributed by atoms with Crippen LogP contribution in [0.3, 0.4) is 0 Å². The first-order chi connectivity index (χ1) is 11.6. The van der Waals surface area contributed by atoms with Crippen LogP contribution < -0.4 is 10.9 Å². The van der Waals surface area contributed by atoms with Crippen molar-refractivity contribution in [3.8, 4) is 0 Å². The number of hydrogen-bond acceptors (Lipinski definition) is 4. The van der Waals surface area contributed by atoms with E-state index in [-0.39, 0.29) is 5.91 Å². The zero-order chi connectivity index (χ0) is 16.9. The molecule has 6 heteroatoms. The summed E-state index contributed by atoms with van der Waals surface area (Å²) in [5.74, 6) is -0.234. The summed E-state index contributed by atoms with van der Waals surface area (Å²) in [6.07, 6.45) is 6.03. The monoisotopic (exact) mass is 322 g/mol. The Bertz CT molecular complexity index is 757. The maximum absolute atomic E-state index is 12.2. The Morgan fingerprint density at radius 1 is 1.04 bits per heavy atom. The van der Waals surface area contributed by atoms with E-state index < -0.39 is 7.12 Å². The molecule has 2 aromatic rings. The minimum absolute atomic E-state index is 0.234. The third kappa shape index (κ3) is 3.90. The van der Waals surface area contributed by atoms with Crippen LogP contribution in [0.1, 0.15) is 39.9 Å². The van der Waals surface area contributed by atoms with Gasteiger partial charge in [0.15, 0.2) is 0 Å². The van der Waals surface area contributed by atoms with Crippen molar-refractivity contribution in [2.75, 3.05) is 0 Å². The molecule has 5 nitrogen and oxygen atoms in total. The molecule has 2 aromatic carbocycles. The number of rotatable bonds is 4. The maximum Gasteiger partial charge on any atom is 0.488 e. The Balaban J connectivity index is 1.62. The molecule has 3 rings (SSSR count). The summed E-state index contributed by atoms with van der Waals surface area (Å²) in [5.41, 5.74) is 6.90. The molecule has 0 bridgehead atoms. The van der Waals surface area contributed by atoms with Crippen LogP contribution in [-0.4, -0.2) is 29.3 Å². The summed E-state index contributed by atoms with van der Waals surface area (Å²) < 4.78 is 0. The van der Waals surface area contributed by atoms with Gasteiger partial charge in [-0.3, -0.25) is 4.79 Å².